The van der Waals surface area contributed by atoms with Gasteiger partial charge < -0.3 is 5.32 Å². The molecule has 0 radical (unpaired) electrons. The third-order valence-corrected chi connectivity index (χ3v) is 6.56. The lowest BCUT2D eigenvalue weighted by molar-refractivity contribution is -0.120. The molecule has 2 fully saturated rings. The molecule has 2 bridgehead atoms. The molecule has 2 saturated carbocycles. The number of fused-ring (bicyclic) bond motifs is 2. The van der Waals surface area contributed by atoms with E-state index in [9.17, 15) is 13.2 Å². The van der Waals surface area contributed by atoms with Crippen LogP contribution in [0, 0.1) is 11.8 Å². The number of halogens is 1. The quantitative estimate of drug-likeness (QED) is 0.825. The number of nitrogens with zero attached hydrogens (tertiary/aromatic N) is 1. The zero-order chi connectivity index (χ0) is 16.6. The first kappa shape index (κ1) is 16.8. The normalized spacial score (nSPS) is 26.3. The number of sulfonamides is 1. The molecule has 7 heteroatoms. The molecule has 126 valence electrons. The van der Waals surface area contributed by atoms with Crippen LogP contribution in [0.2, 0.25) is 0 Å². The Morgan fingerprint density at radius 1 is 1.26 bits per heavy atom. The second-order valence-corrected chi connectivity index (χ2v) is 9.42. The summed E-state index contributed by atoms with van der Waals surface area (Å²) in [5.74, 6) is 1.09. The zero-order valence-electron chi connectivity index (χ0n) is 13.0. The molecule has 0 aliphatic heterocycles. The van der Waals surface area contributed by atoms with Crippen molar-refractivity contribution in [1.82, 2.24) is 5.32 Å². The maximum atomic E-state index is 12.3. The van der Waals surface area contributed by atoms with Gasteiger partial charge in [0, 0.05) is 10.5 Å². The van der Waals surface area contributed by atoms with Crippen molar-refractivity contribution in [3.8, 4) is 0 Å². The highest BCUT2D eigenvalue weighted by Gasteiger charge is 2.40. The lowest BCUT2D eigenvalue weighted by Crippen LogP contribution is -2.45. The van der Waals surface area contributed by atoms with E-state index in [0.717, 1.165) is 27.4 Å². The summed E-state index contributed by atoms with van der Waals surface area (Å²) < 4.78 is 26.1. The van der Waals surface area contributed by atoms with Crippen LogP contribution in [0.3, 0.4) is 0 Å². The second-order valence-electron chi connectivity index (χ2n) is 6.59. The number of carbonyl (C=O) groups excluding carboxylic acids is 1. The Labute approximate surface area is 145 Å². The minimum Gasteiger partial charge on any atom is -0.352 e. The van der Waals surface area contributed by atoms with E-state index in [4.69, 9.17) is 0 Å². The van der Waals surface area contributed by atoms with E-state index in [-0.39, 0.29) is 18.5 Å². The summed E-state index contributed by atoms with van der Waals surface area (Å²) in [4.78, 5) is 12.3. The maximum absolute atomic E-state index is 12.3. The number of anilines is 1. The van der Waals surface area contributed by atoms with E-state index in [2.05, 4.69) is 21.2 Å². The molecule has 23 heavy (non-hydrogen) atoms. The van der Waals surface area contributed by atoms with Crippen LogP contribution in [-0.2, 0) is 14.8 Å². The lowest BCUT2D eigenvalue weighted by Gasteiger charge is -2.26. The van der Waals surface area contributed by atoms with Gasteiger partial charge in [-0.25, -0.2) is 8.42 Å². The minimum atomic E-state index is -3.51. The van der Waals surface area contributed by atoms with Gasteiger partial charge >= 0.3 is 0 Å². The van der Waals surface area contributed by atoms with Crippen LogP contribution in [-0.4, -0.2) is 33.2 Å². The van der Waals surface area contributed by atoms with Crippen molar-refractivity contribution in [2.75, 3.05) is 17.1 Å². The van der Waals surface area contributed by atoms with Gasteiger partial charge in [-0.1, -0.05) is 22.4 Å². The number of hydrogen-bond acceptors (Lipinski definition) is 3. The Hall–Kier alpha value is -1.08. The fourth-order valence-electron chi connectivity index (χ4n) is 3.81. The molecule has 0 heterocycles. The summed E-state index contributed by atoms with van der Waals surface area (Å²) in [7, 11) is -3.51. The van der Waals surface area contributed by atoms with Gasteiger partial charge in [-0.2, -0.15) is 0 Å². The van der Waals surface area contributed by atoms with Gasteiger partial charge in [0.05, 0.1) is 11.9 Å². The summed E-state index contributed by atoms with van der Waals surface area (Å²) in [6.07, 6.45) is 5.81. The van der Waals surface area contributed by atoms with E-state index < -0.39 is 10.0 Å². The second kappa shape index (κ2) is 6.43. The van der Waals surface area contributed by atoms with E-state index in [1.54, 1.807) is 24.3 Å². The van der Waals surface area contributed by atoms with Gasteiger partial charge in [0.15, 0.2) is 0 Å². The van der Waals surface area contributed by atoms with Crippen molar-refractivity contribution in [2.24, 2.45) is 11.8 Å². The van der Waals surface area contributed by atoms with Gasteiger partial charge in [0.2, 0.25) is 15.9 Å². The van der Waals surface area contributed by atoms with Crippen molar-refractivity contribution in [1.29, 1.82) is 0 Å². The molecule has 3 rings (SSSR count). The molecule has 1 aromatic rings. The minimum absolute atomic E-state index is 0.172. The highest BCUT2D eigenvalue weighted by atomic mass is 79.9. The first-order valence-corrected chi connectivity index (χ1v) is 10.5. The largest absolute Gasteiger partial charge is 0.352 e. The van der Waals surface area contributed by atoms with Crippen LogP contribution in [0.5, 0.6) is 0 Å². The van der Waals surface area contributed by atoms with Gasteiger partial charge in [-0.05, 0) is 55.4 Å². The SMILES string of the molecule is CS(=O)(=O)N(CC(=O)N[C@H]1C[C@@H]2CC[C@@H]1C2)c1ccc(Br)cc1. The average molecular weight is 401 g/mol. The van der Waals surface area contributed by atoms with Gasteiger partial charge in [-0.3, -0.25) is 9.10 Å². The highest BCUT2D eigenvalue weighted by molar-refractivity contribution is 9.10. The van der Waals surface area contributed by atoms with Gasteiger partial charge in [0.25, 0.3) is 0 Å². The van der Waals surface area contributed by atoms with Crippen LogP contribution in [0.25, 0.3) is 0 Å². The molecular formula is C16H21BrN2O3S. The van der Waals surface area contributed by atoms with Crippen molar-refractivity contribution >= 4 is 37.5 Å². The number of nitrogens with one attached hydrogen (secondary N) is 1. The van der Waals surface area contributed by atoms with E-state index in [1.165, 1.54) is 19.3 Å². The first-order valence-electron chi connectivity index (χ1n) is 7.85. The number of carbonyl (C=O) groups is 1. The number of rotatable bonds is 5. The lowest BCUT2D eigenvalue weighted by atomic mass is 9.95. The smallest absolute Gasteiger partial charge is 0.241 e. The van der Waals surface area contributed by atoms with E-state index >= 15 is 0 Å². The number of benzene rings is 1. The van der Waals surface area contributed by atoms with Crippen molar-refractivity contribution in [3.05, 3.63) is 28.7 Å². The Bertz CT molecular complexity index is 690. The molecule has 0 unspecified atom stereocenters. The number of hydrogen-bond donors (Lipinski definition) is 1. The molecule has 5 nitrogen and oxygen atoms in total. The summed E-state index contributed by atoms with van der Waals surface area (Å²) in [5, 5.41) is 3.04. The van der Waals surface area contributed by atoms with Crippen molar-refractivity contribution < 1.29 is 13.2 Å². The standard InChI is InChI=1S/C16H21BrN2O3S/c1-23(21,22)19(14-6-4-13(17)5-7-14)10-16(20)18-15-9-11-2-3-12(15)8-11/h4-7,11-12,15H,2-3,8-10H2,1H3,(H,18,20)/t11-,12-,15+/m1/s1. The van der Waals surface area contributed by atoms with Crippen LogP contribution < -0.4 is 9.62 Å². The predicted molar refractivity (Wildman–Crippen MR) is 93.7 cm³/mol. The van der Waals surface area contributed by atoms with Gasteiger partial charge in [0.1, 0.15) is 6.54 Å². The predicted octanol–water partition coefficient (Wildman–Crippen LogP) is 2.52. The molecular weight excluding hydrogens is 380 g/mol. The van der Waals surface area contributed by atoms with Crippen molar-refractivity contribution in [3.63, 3.8) is 0 Å². The van der Waals surface area contributed by atoms with Crippen LogP contribution in [0.15, 0.2) is 28.7 Å². The Balaban J connectivity index is 1.69. The monoisotopic (exact) mass is 400 g/mol. The Morgan fingerprint density at radius 2 is 1.96 bits per heavy atom. The fraction of sp³-hybridized carbons (Fsp3) is 0.562. The summed E-state index contributed by atoms with van der Waals surface area (Å²) in [6, 6.07) is 7.13. The Kier molecular flexibility index (Phi) is 4.69. The van der Waals surface area contributed by atoms with Gasteiger partial charge in [-0.15, -0.1) is 0 Å². The first-order chi connectivity index (χ1) is 10.8. The molecule has 0 aromatic heterocycles. The fourth-order valence-corrected chi connectivity index (χ4v) is 4.93. The molecule has 1 aromatic carbocycles. The number of amides is 1. The molecule has 0 saturated heterocycles. The zero-order valence-corrected chi connectivity index (χ0v) is 15.4. The molecule has 1 amide bonds. The molecule has 0 spiro atoms. The topological polar surface area (TPSA) is 66.5 Å². The maximum Gasteiger partial charge on any atom is 0.241 e. The molecule has 1 N–H and O–H groups in total. The van der Waals surface area contributed by atoms with Crippen LogP contribution >= 0.6 is 15.9 Å². The van der Waals surface area contributed by atoms with E-state index in [0.29, 0.717) is 11.6 Å². The van der Waals surface area contributed by atoms with Crippen LogP contribution in [0.4, 0.5) is 5.69 Å². The van der Waals surface area contributed by atoms with Crippen molar-refractivity contribution in [2.45, 2.75) is 31.7 Å². The molecule has 2 aliphatic carbocycles. The van der Waals surface area contributed by atoms with Crippen LogP contribution in [0.1, 0.15) is 25.7 Å². The summed E-state index contributed by atoms with van der Waals surface area (Å²) in [5.41, 5.74) is 0.499. The summed E-state index contributed by atoms with van der Waals surface area (Å²) in [6.45, 7) is -0.172. The highest BCUT2D eigenvalue weighted by Crippen LogP contribution is 2.44. The third-order valence-electron chi connectivity index (χ3n) is 4.89. The molecule has 2 aliphatic rings. The molecule has 3 atom stereocenters. The average Bonchev–Trinajstić information content (AvgIpc) is 3.07. The summed E-state index contributed by atoms with van der Waals surface area (Å²) >= 11 is 3.33. The Morgan fingerprint density at radius 3 is 2.48 bits per heavy atom. The third kappa shape index (κ3) is 3.88. The van der Waals surface area contributed by atoms with E-state index in [1.807, 2.05) is 0 Å².